The minimum Gasteiger partial charge on any atom is -0.462 e. The molecule has 0 spiro atoms. The number of anilines is 1. The number of hydrogen-bond acceptors (Lipinski definition) is 5. The molecule has 1 N–H and O–H groups in total. The number of esters is 1. The number of hydrogen-bond donors (Lipinski definition) is 1. The summed E-state index contributed by atoms with van der Waals surface area (Å²) in [7, 11) is 0. The molecule has 6 heteroatoms. The van der Waals surface area contributed by atoms with E-state index in [2.05, 4.69) is 5.32 Å². The maximum atomic E-state index is 12.4. The molecule has 1 heterocycles. The largest absolute Gasteiger partial charge is 0.462 e. The zero-order valence-electron chi connectivity index (χ0n) is 16.6. The molecule has 1 aromatic heterocycles. The molecule has 1 amide bonds. The third-order valence-corrected chi connectivity index (χ3v) is 4.27. The highest BCUT2D eigenvalue weighted by molar-refractivity contribution is 6.09. The van der Waals surface area contributed by atoms with Crippen molar-refractivity contribution in [3.05, 3.63) is 83.1 Å². The summed E-state index contributed by atoms with van der Waals surface area (Å²) in [6.45, 7) is 4.01. The third kappa shape index (κ3) is 5.03. The molecule has 0 atom stereocenters. The number of nitrogens with zero attached hydrogens (tertiary/aromatic N) is 1. The summed E-state index contributed by atoms with van der Waals surface area (Å²) < 4.78 is 10.7. The second-order valence-electron chi connectivity index (χ2n) is 6.49. The molecular weight excluding hydrogens is 380 g/mol. The van der Waals surface area contributed by atoms with E-state index in [0.29, 0.717) is 22.8 Å². The minimum atomic E-state index is -0.574. The predicted molar refractivity (Wildman–Crippen MR) is 113 cm³/mol. The number of carbonyl (C=O) groups excluding carboxylic acids is 2. The van der Waals surface area contributed by atoms with Crippen LogP contribution >= 0.6 is 0 Å². The number of rotatable bonds is 6. The van der Waals surface area contributed by atoms with Crippen molar-refractivity contribution in [2.45, 2.75) is 13.8 Å². The van der Waals surface area contributed by atoms with Crippen molar-refractivity contribution < 1.29 is 18.7 Å². The van der Waals surface area contributed by atoms with Gasteiger partial charge >= 0.3 is 5.97 Å². The van der Waals surface area contributed by atoms with E-state index in [0.717, 1.165) is 11.1 Å². The van der Waals surface area contributed by atoms with Gasteiger partial charge < -0.3 is 14.5 Å². The molecule has 6 nitrogen and oxygen atoms in total. The summed E-state index contributed by atoms with van der Waals surface area (Å²) in [4.78, 5) is 24.1. The van der Waals surface area contributed by atoms with E-state index in [-0.39, 0.29) is 12.2 Å². The number of amides is 1. The van der Waals surface area contributed by atoms with E-state index < -0.39 is 11.9 Å². The van der Waals surface area contributed by atoms with Crippen LogP contribution in [0.5, 0.6) is 0 Å². The van der Waals surface area contributed by atoms with Gasteiger partial charge in [0.05, 0.1) is 12.2 Å². The van der Waals surface area contributed by atoms with Crippen LogP contribution < -0.4 is 5.32 Å². The van der Waals surface area contributed by atoms with Gasteiger partial charge in [-0.15, -0.1) is 0 Å². The Morgan fingerprint density at radius 1 is 1.07 bits per heavy atom. The second kappa shape index (κ2) is 9.39. The number of furan rings is 1. The molecule has 3 rings (SSSR count). The first-order valence-corrected chi connectivity index (χ1v) is 9.37. The van der Waals surface area contributed by atoms with Crippen molar-refractivity contribution in [1.82, 2.24) is 0 Å². The lowest BCUT2D eigenvalue weighted by molar-refractivity contribution is -0.112. The molecule has 0 bridgehead atoms. The van der Waals surface area contributed by atoms with E-state index in [1.165, 1.54) is 6.08 Å². The lowest BCUT2D eigenvalue weighted by Gasteiger charge is -2.06. The highest BCUT2D eigenvalue weighted by Crippen LogP contribution is 2.24. The van der Waals surface area contributed by atoms with Gasteiger partial charge in [0.2, 0.25) is 0 Å². The zero-order chi connectivity index (χ0) is 21.5. The van der Waals surface area contributed by atoms with Crippen LogP contribution in [0.15, 0.2) is 70.7 Å². The molecule has 0 aliphatic heterocycles. The maximum Gasteiger partial charge on any atom is 0.338 e. The monoisotopic (exact) mass is 400 g/mol. The highest BCUT2D eigenvalue weighted by Gasteiger charge is 2.12. The molecule has 0 aliphatic rings. The zero-order valence-corrected chi connectivity index (χ0v) is 16.6. The van der Waals surface area contributed by atoms with Crippen LogP contribution in [0.3, 0.4) is 0 Å². The van der Waals surface area contributed by atoms with Crippen LogP contribution in [0.1, 0.15) is 28.6 Å². The first kappa shape index (κ1) is 20.6. The van der Waals surface area contributed by atoms with Gasteiger partial charge in [0, 0.05) is 17.3 Å². The molecule has 30 heavy (non-hydrogen) atoms. The van der Waals surface area contributed by atoms with Crippen molar-refractivity contribution in [3.63, 3.8) is 0 Å². The van der Waals surface area contributed by atoms with Crippen LogP contribution in [0.25, 0.3) is 17.4 Å². The number of aryl methyl sites for hydroxylation is 1. The van der Waals surface area contributed by atoms with Gasteiger partial charge in [-0.3, -0.25) is 4.79 Å². The molecule has 0 fully saturated rings. The Bertz CT molecular complexity index is 1120. The van der Waals surface area contributed by atoms with Crippen molar-refractivity contribution >= 4 is 23.6 Å². The van der Waals surface area contributed by atoms with Gasteiger partial charge in [0.15, 0.2) is 0 Å². The Hall–Kier alpha value is -4.11. The molecule has 150 valence electrons. The van der Waals surface area contributed by atoms with Crippen molar-refractivity contribution in [1.29, 1.82) is 5.26 Å². The number of carbonyl (C=O) groups is 2. The van der Waals surface area contributed by atoms with E-state index in [1.807, 2.05) is 37.3 Å². The molecule has 3 aromatic rings. The Morgan fingerprint density at radius 2 is 1.77 bits per heavy atom. The van der Waals surface area contributed by atoms with Gasteiger partial charge in [-0.05, 0) is 50.2 Å². The topological polar surface area (TPSA) is 92.3 Å². The molecule has 0 saturated heterocycles. The predicted octanol–water partition coefficient (Wildman–Crippen LogP) is 4.98. The van der Waals surface area contributed by atoms with Crippen LogP contribution in [-0.2, 0) is 9.53 Å². The third-order valence-electron chi connectivity index (χ3n) is 4.27. The standard InChI is InChI=1S/C24H20N2O4/c1-3-29-24(28)18-8-10-20(11-9-18)26-23(27)19(15-25)14-21-12-13-22(30-21)17-6-4-16(2)5-7-17/h4-14H,3H2,1-2H3,(H,26,27). The van der Waals surface area contributed by atoms with Gasteiger partial charge in [0.1, 0.15) is 23.2 Å². The summed E-state index contributed by atoms with van der Waals surface area (Å²) in [5.41, 5.74) is 2.78. The quantitative estimate of drug-likeness (QED) is 0.358. The maximum absolute atomic E-state index is 12.4. The number of nitriles is 1. The van der Waals surface area contributed by atoms with Crippen LogP contribution in [-0.4, -0.2) is 18.5 Å². The first-order valence-electron chi connectivity index (χ1n) is 9.37. The molecule has 2 aromatic carbocycles. The van der Waals surface area contributed by atoms with Gasteiger partial charge in [-0.25, -0.2) is 4.79 Å². The van der Waals surface area contributed by atoms with E-state index >= 15 is 0 Å². The highest BCUT2D eigenvalue weighted by atomic mass is 16.5. The van der Waals surface area contributed by atoms with E-state index in [9.17, 15) is 14.9 Å². The molecule has 0 unspecified atom stereocenters. The van der Waals surface area contributed by atoms with E-state index in [1.54, 1.807) is 43.3 Å². The summed E-state index contributed by atoms with van der Waals surface area (Å²) in [5.74, 6) is 0.0355. The fourth-order valence-electron chi connectivity index (χ4n) is 2.70. The Balaban J connectivity index is 1.72. The fourth-order valence-corrected chi connectivity index (χ4v) is 2.70. The number of nitrogens with one attached hydrogen (secondary N) is 1. The molecule has 0 saturated carbocycles. The lowest BCUT2D eigenvalue weighted by atomic mass is 10.1. The SMILES string of the molecule is CCOC(=O)c1ccc(NC(=O)C(C#N)=Cc2ccc(-c3ccc(C)cc3)o2)cc1. The smallest absolute Gasteiger partial charge is 0.338 e. The Morgan fingerprint density at radius 3 is 2.40 bits per heavy atom. The van der Waals surface area contributed by atoms with Crippen molar-refractivity contribution in [2.24, 2.45) is 0 Å². The van der Waals surface area contributed by atoms with Gasteiger partial charge in [-0.2, -0.15) is 5.26 Å². The summed E-state index contributed by atoms with van der Waals surface area (Å²) in [6, 6.07) is 19.5. The normalized spacial score (nSPS) is 10.9. The van der Waals surface area contributed by atoms with Crippen LogP contribution in [0.4, 0.5) is 5.69 Å². The second-order valence-corrected chi connectivity index (χ2v) is 6.49. The van der Waals surface area contributed by atoms with Crippen molar-refractivity contribution in [3.8, 4) is 17.4 Å². The summed E-state index contributed by atoms with van der Waals surface area (Å²) in [5, 5.41) is 12.0. The summed E-state index contributed by atoms with van der Waals surface area (Å²) >= 11 is 0. The van der Waals surface area contributed by atoms with Crippen LogP contribution in [0.2, 0.25) is 0 Å². The molecule has 0 aliphatic carbocycles. The lowest BCUT2D eigenvalue weighted by Crippen LogP contribution is -2.13. The molecular formula is C24H20N2O4. The average Bonchev–Trinajstić information content (AvgIpc) is 3.21. The van der Waals surface area contributed by atoms with Gasteiger partial charge in [0.25, 0.3) is 5.91 Å². The fraction of sp³-hybridized carbons (Fsp3) is 0.125. The Kier molecular flexibility index (Phi) is 6.46. The number of benzene rings is 2. The Labute approximate surface area is 174 Å². The summed E-state index contributed by atoms with van der Waals surface area (Å²) in [6.07, 6.45) is 1.39. The van der Waals surface area contributed by atoms with Gasteiger partial charge in [-0.1, -0.05) is 29.8 Å². The number of ether oxygens (including phenoxy) is 1. The minimum absolute atomic E-state index is 0.103. The molecule has 0 radical (unpaired) electrons. The average molecular weight is 400 g/mol. The van der Waals surface area contributed by atoms with E-state index in [4.69, 9.17) is 9.15 Å². The van der Waals surface area contributed by atoms with Crippen molar-refractivity contribution in [2.75, 3.05) is 11.9 Å². The van der Waals surface area contributed by atoms with Crippen LogP contribution in [0, 0.1) is 18.3 Å². The first-order chi connectivity index (χ1) is 14.5.